The number of rotatable bonds is 5. The van der Waals surface area contributed by atoms with E-state index in [-0.39, 0.29) is 17.9 Å². The van der Waals surface area contributed by atoms with Crippen LogP contribution in [0.15, 0.2) is 42.5 Å². The molecule has 0 radical (unpaired) electrons. The van der Waals surface area contributed by atoms with Gasteiger partial charge >= 0.3 is 0 Å². The van der Waals surface area contributed by atoms with E-state index >= 15 is 0 Å². The molecule has 1 aliphatic rings. The molecular weight excluding hydrogens is 386 g/mol. The fourth-order valence-electron chi connectivity index (χ4n) is 3.65. The third-order valence-corrected chi connectivity index (χ3v) is 6.40. The van der Waals surface area contributed by atoms with Crippen molar-refractivity contribution in [2.24, 2.45) is 0 Å². The number of carbonyl (C=O) groups excluding carboxylic acids is 1. The summed E-state index contributed by atoms with van der Waals surface area (Å²) in [5, 5.41) is 6.23. The highest BCUT2D eigenvalue weighted by Gasteiger charge is 2.24. The van der Waals surface area contributed by atoms with Gasteiger partial charge in [-0.15, -0.1) is 0 Å². The molecule has 6 nitrogen and oxygen atoms in total. The van der Waals surface area contributed by atoms with E-state index in [1.165, 1.54) is 10.6 Å². The van der Waals surface area contributed by atoms with Gasteiger partial charge in [-0.1, -0.05) is 51.1 Å². The summed E-state index contributed by atoms with van der Waals surface area (Å²) in [6.45, 7) is 7.32. The molecule has 3 rings (SSSR count). The third kappa shape index (κ3) is 5.16. The monoisotopic (exact) mass is 415 g/mol. The first-order valence-electron chi connectivity index (χ1n) is 9.75. The van der Waals surface area contributed by atoms with Crippen molar-refractivity contribution in [3.05, 3.63) is 59.2 Å². The minimum atomic E-state index is -3.21. The van der Waals surface area contributed by atoms with Gasteiger partial charge in [-0.3, -0.25) is 4.79 Å². The summed E-state index contributed by atoms with van der Waals surface area (Å²) in [7, 11) is -3.21. The van der Waals surface area contributed by atoms with Crippen LogP contribution >= 0.6 is 0 Å². The van der Waals surface area contributed by atoms with Crippen LogP contribution in [0.1, 0.15) is 37.5 Å². The molecule has 0 saturated heterocycles. The number of para-hydroxylation sites is 1. The van der Waals surface area contributed by atoms with Crippen LogP contribution in [0.2, 0.25) is 0 Å². The zero-order valence-corrected chi connectivity index (χ0v) is 18.3. The predicted molar refractivity (Wildman–Crippen MR) is 118 cm³/mol. The van der Waals surface area contributed by atoms with E-state index in [2.05, 4.69) is 31.4 Å². The molecule has 2 aromatic carbocycles. The van der Waals surface area contributed by atoms with Crippen molar-refractivity contribution in [3.8, 4) is 0 Å². The van der Waals surface area contributed by atoms with Crippen molar-refractivity contribution in [1.29, 1.82) is 0 Å². The van der Waals surface area contributed by atoms with Crippen molar-refractivity contribution in [3.63, 3.8) is 0 Å². The third-order valence-electron chi connectivity index (χ3n) is 5.15. The average Bonchev–Trinajstić information content (AvgIpc) is 2.64. The molecule has 0 aromatic heterocycles. The second kappa shape index (κ2) is 8.16. The first-order valence-corrected chi connectivity index (χ1v) is 11.6. The number of nitrogens with zero attached hydrogens (tertiary/aromatic N) is 1. The lowest BCUT2D eigenvalue weighted by Gasteiger charge is -2.28. The first kappa shape index (κ1) is 21.3. The van der Waals surface area contributed by atoms with Gasteiger partial charge in [0.25, 0.3) is 0 Å². The Balaban J connectivity index is 1.69. The summed E-state index contributed by atoms with van der Waals surface area (Å²) < 4.78 is 25.1. The van der Waals surface area contributed by atoms with Crippen LogP contribution in [0.3, 0.4) is 0 Å². The van der Waals surface area contributed by atoms with Crippen molar-refractivity contribution < 1.29 is 13.2 Å². The van der Waals surface area contributed by atoms with Crippen LogP contribution in [0.5, 0.6) is 0 Å². The number of amides is 1. The predicted octanol–water partition coefficient (Wildman–Crippen LogP) is 3.35. The molecule has 156 valence electrons. The Kier molecular flexibility index (Phi) is 6.00. The number of benzene rings is 2. The smallest absolute Gasteiger partial charge is 0.243 e. The number of nitrogens with one attached hydrogen (secondary N) is 2. The van der Waals surface area contributed by atoms with Gasteiger partial charge < -0.3 is 10.6 Å². The zero-order valence-electron chi connectivity index (χ0n) is 17.5. The molecule has 1 amide bonds. The summed E-state index contributed by atoms with van der Waals surface area (Å²) in [5.41, 5.74) is 4.79. The molecular formula is C22H29N3O3S. The first-order chi connectivity index (χ1) is 13.6. The maximum absolute atomic E-state index is 12.6. The van der Waals surface area contributed by atoms with E-state index in [1.807, 2.05) is 42.5 Å². The molecule has 0 spiro atoms. The topological polar surface area (TPSA) is 78.5 Å². The Morgan fingerprint density at radius 3 is 2.45 bits per heavy atom. The van der Waals surface area contributed by atoms with Crippen LogP contribution in [0.4, 0.5) is 11.4 Å². The SMILES string of the molecule is CC(C)(C)c1ccccc1NC(=O)CNc1cccc2c1CCN(S(C)(=O)=O)C2. The minimum Gasteiger partial charge on any atom is -0.376 e. The minimum absolute atomic E-state index is 0.0682. The standard InChI is InChI=1S/C22H29N3O3S/c1-22(2,3)18-9-5-6-10-20(18)24-21(26)14-23-19-11-7-8-16-15-25(29(4,27)28)13-12-17(16)19/h5-11,23H,12-15H2,1-4H3,(H,24,26). The number of sulfonamides is 1. The van der Waals surface area contributed by atoms with Crippen molar-refractivity contribution in [1.82, 2.24) is 4.31 Å². The number of anilines is 2. The van der Waals surface area contributed by atoms with Gasteiger partial charge in [0.1, 0.15) is 0 Å². The quantitative estimate of drug-likeness (QED) is 0.785. The van der Waals surface area contributed by atoms with Gasteiger partial charge in [0.15, 0.2) is 0 Å². The Morgan fingerprint density at radius 2 is 1.76 bits per heavy atom. The van der Waals surface area contributed by atoms with Crippen molar-refractivity contribution >= 4 is 27.3 Å². The van der Waals surface area contributed by atoms with Crippen LogP contribution in [-0.4, -0.2) is 38.0 Å². The summed E-state index contributed by atoms with van der Waals surface area (Å²) in [6, 6.07) is 13.6. The molecule has 0 fully saturated rings. The van der Waals surface area contributed by atoms with Gasteiger partial charge in [-0.05, 0) is 40.7 Å². The molecule has 29 heavy (non-hydrogen) atoms. The van der Waals surface area contributed by atoms with E-state index in [1.54, 1.807) is 0 Å². The number of carbonyl (C=O) groups is 1. The largest absolute Gasteiger partial charge is 0.376 e. The summed E-state index contributed by atoms with van der Waals surface area (Å²) in [6.07, 6.45) is 1.86. The van der Waals surface area contributed by atoms with Crippen LogP contribution < -0.4 is 10.6 Å². The lowest BCUT2D eigenvalue weighted by molar-refractivity contribution is -0.114. The highest BCUT2D eigenvalue weighted by Crippen LogP contribution is 2.30. The molecule has 1 aliphatic heterocycles. The molecule has 0 atom stereocenters. The molecule has 2 aromatic rings. The highest BCUT2D eigenvalue weighted by molar-refractivity contribution is 7.88. The van der Waals surface area contributed by atoms with Gasteiger partial charge in [0.2, 0.25) is 15.9 Å². The van der Waals surface area contributed by atoms with Gasteiger partial charge in [0.05, 0.1) is 12.8 Å². The molecule has 0 saturated carbocycles. The second-order valence-electron chi connectivity index (χ2n) is 8.49. The molecule has 7 heteroatoms. The average molecular weight is 416 g/mol. The van der Waals surface area contributed by atoms with Crippen molar-refractivity contribution in [2.75, 3.05) is 30.0 Å². The van der Waals surface area contributed by atoms with E-state index in [0.29, 0.717) is 19.5 Å². The number of fused-ring (bicyclic) bond motifs is 1. The van der Waals surface area contributed by atoms with Crippen LogP contribution in [0, 0.1) is 0 Å². The second-order valence-corrected chi connectivity index (χ2v) is 10.5. The molecule has 2 N–H and O–H groups in total. The summed E-state index contributed by atoms with van der Waals surface area (Å²) in [4.78, 5) is 12.6. The van der Waals surface area contributed by atoms with E-state index < -0.39 is 10.0 Å². The Bertz CT molecular complexity index is 1010. The molecule has 1 heterocycles. The number of hydrogen-bond acceptors (Lipinski definition) is 4. The normalized spacial score (nSPS) is 14.9. The van der Waals surface area contributed by atoms with Gasteiger partial charge in [0, 0.05) is 24.5 Å². The van der Waals surface area contributed by atoms with E-state index in [4.69, 9.17) is 0 Å². The van der Waals surface area contributed by atoms with Gasteiger partial charge in [-0.2, -0.15) is 4.31 Å². The fraction of sp³-hybridized carbons (Fsp3) is 0.409. The maximum atomic E-state index is 12.6. The molecule has 0 bridgehead atoms. The van der Waals surface area contributed by atoms with Crippen LogP contribution in [0.25, 0.3) is 0 Å². The Morgan fingerprint density at radius 1 is 1.07 bits per heavy atom. The Labute approximate surface area is 173 Å². The van der Waals surface area contributed by atoms with E-state index in [0.717, 1.165) is 28.1 Å². The summed E-state index contributed by atoms with van der Waals surface area (Å²) in [5.74, 6) is -0.118. The molecule has 0 aliphatic carbocycles. The zero-order chi connectivity index (χ0) is 21.2. The maximum Gasteiger partial charge on any atom is 0.243 e. The van der Waals surface area contributed by atoms with Crippen molar-refractivity contribution in [2.45, 2.75) is 39.2 Å². The van der Waals surface area contributed by atoms with E-state index in [9.17, 15) is 13.2 Å². The van der Waals surface area contributed by atoms with Gasteiger partial charge in [-0.25, -0.2) is 8.42 Å². The summed E-state index contributed by atoms with van der Waals surface area (Å²) >= 11 is 0. The Hall–Kier alpha value is -2.38. The lowest BCUT2D eigenvalue weighted by atomic mass is 9.86. The highest BCUT2D eigenvalue weighted by atomic mass is 32.2. The lowest BCUT2D eigenvalue weighted by Crippen LogP contribution is -2.35. The molecule has 0 unspecified atom stereocenters. The fourth-order valence-corrected chi connectivity index (χ4v) is 4.44. The van der Waals surface area contributed by atoms with Crippen LogP contribution in [-0.2, 0) is 33.2 Å². The number of hydrogen-bond donors (Lipinski definition) is 2.